The van der Waals surface area contributed by atoms with Gasteiger partial charge in [-0.15, -0.1) is 6.42 Å². The Hall–Kier alpha value is -3.20. The maximum Gasteiger partial charge on any atom is 0.340 e. The maximum absolute atomic E-state index is 12.6. The van der Waals surface area contributed by atoms with Crippen molar-refractivity contribution in [2.75, 3.05) is 13.7 Å². The highest BCUT2D eigenvalue weighted by atomic mass is 16.5. The van der Waals surface area contributed by atoms with E-state index in [9.17, 15) is 9.59 Å². The first-order valence-corrected chi connectivity index (χ1v) is 8.25. The molecule has 0 spiro atoms. The van der Waals surface area contributed by atoms with Crippen LogP contribution in [-0.4, -0.2) is 25.5 Å². The van der Waals surface area contributed by atoms with E-state index < -0.39 is 11.9 Å². The van der Waals surface area contributed by atoms with Gasteiger partial charge >= 0.3 is 5.97 Å². The number of hydrogen-bond donors (Lipinski definition) is 1. The fourth-order valence-corrected chi connectivity index (χ4v) is 3.28. The Kier molecular flexibility index (Phi) is 4.99. The Balaban J connectivity index is 2.07. The van der Waals surface area contributed by atoms with E-state index in [0.29, 0.717) is 36.3 Å². The van der Waals surface area contributed by atoms with Gasteiger partial charge in [0.05, 0.1) is 13.0 Å². The first-order chi connectivity index (χ1) is 12.6. The fraction of sp³-hybridized carbons (Fsp3) is 0.300. The number of allylic oxidation sites excluding steroid dienone is 2. The largest absolute Gasteiger partial charge is 0.481 e. The number of ketones is 1. The molecule has 0 radical (unpaired) electrons. The summed E-state index contributed by atoms with van der Waals surface area (Å²) in [6.07, 6.45) is 6.91. The van der Waals surface area contributed by atoms with Crippen molar-refractivity contribution in [1.29, 1.82) is 0 Å². The van der Waals surface area contributed by atoms with Gasteiger partial charge in [-0.3, -0.25) is 4.79 Å². The van der Waals surface area contributed by atoms with E-state index >= 15 is 0 Å². The smallest absolute Gasteiger partial charge is 0.340 e. The Labute approximate surface area is 151 Å². The lowest BCUT2D eigenvalue weighted by Crippen LogP contribution is -2.31. The second-order valence-electron chi connectivity index (χ2n) is 5.98. The molecule has 1 heterocycles. The molecule has 2 aliphatic rings. The third-order valence-electron chi connectivity index (χ3n) is 4.43. The summed E-state index contributed by atoms with van der Waals surface area (Å²) < 4.78 is 15.8. The van der Waals surface area contributed by atoms with Crippen LogP contribution in [0, 0.1) is 12.3 Å². The molecule has 1 aromatic rings. The minimum atomic E-state index is -0.624. The van der Waals surface area contributed by atoms with Crippen molar-refractivity contribution in [2.24, 2.45) is 5.73 Å². The van der Waals surface area contributed by atoms with E-state index in [1.54, 1.807) is 24.3 Å². The summed E-state index contributed by atoms with van der Waals surface area (Å²) in [6.45, 7) is 0.157. The Morgan fingerprint density at radius 3 is 2.73 bits per heavy atom. The van der Waals surface area contributed by atoms with Gasteiger partial charge in [0.25, 0.3) is 0 Å². The minimum absolute atomic E-state index is 0.0250. The van der Waals surface area contributed by atoms with Crippen molar-refractivity contribution >= 4 is 11.8 Å². The number of ether oxygens (including phenoxy) is 3. The van der Waals surface area contributed by atoms with E-state index in [4.69, 9.17) is 26.4 Å². The second-order valence-corrected chi connectivity index (χ2v) is 5.98. The van der Waals surface area contributed by atoms with Crippen molar-refractivity contribution < 1.29 is 23.8 Å². The molecule has 0 saturated heterocycles. The highest BCUT2D eigenvalue weighted by molar-refractivity contribution is 6.03. The summed E-state index contributed by atoms with van der Waals surface area (Å²) in [7, 11) is 1.27. The molecule has 0 saturated carbocycles. The van der Waals surface area contributed by atoms with E-state index in [-0.39, 0.29) is 23.8 Å². The molecule has 1 aromatic carbocycles. The van der Waals surface area contributed by atoms with Crippen molar-refractivity contribution in [3.63, 3.8) is 0 Å². The van der Waals surface area contributed by atoms with Gasteiger partial charge in [0, 0.05) is 18.4 Å². The average molecular weight is 353 g/mol. The molecule has 3 rings (SSSR count). The Morgan fingerprint density at radius 2 is 2.08 bits per heavy atom. The summed E-state index contributed by atoms with van der Waals surface area (Å²) in [5.41, 5.74) is 7.34. The number of carbonyl (C=O) groups excluding carboxylic acids is 2. The predicted octanol–water partition coefficient (Wildman–Crippen LogP) is 2.16. The Morgan fingerprint density at radius 1 is 1.35 bits per heavy atom. The summed E-state index contributed by atoms with van der Waals surface area (Å²) in [6, 6.07) is 7.04. The molecule has 0 unspecified atom stereocenters. The van der Waals surface area contributed by atoms with Crippen LogP contribution in [0.4, 0.5) is 0 Å². The Bertz CT molecular complexity index is 842. The third-order valence-corrected chi connectivity index (χ3v) is 4.43. The highest BCUT2D eigenvalue weighted by Crippen LogP contribution is 2.44. The number of nitrogens with two attached hydrogens (primary N) is 1. The van der Waals surface area contributed by atoms with Crippen LogP contribution in [0.15, 0.2) is 47.1 Å². The number of methoxy groups -OCH3 is 1. The summed E-state index contributed by atoms with van der Waals surface area (Å²) >= 11 is 0. The molecular weight excluding hydrogens is 334 g/mol. The van der Waals surface area contributed by atoms with Crippen LogP contribution >= 0.6 is 0 Å². The number of hydrogen-bond acceptors (Lipinski definition) is 6. The maximum atomic E-state index is 12.6. The molecule has 0 bridgehead atoms. The molecule has 0 fully saturated rings. The zero-order valence-corrected chi connectivity index (χ0v) is 14.4. The summed E-state index contributed by atoms with van der Waals surface area (Å²) in [5.74, 6) is 2.21. The minimum Gasteiger partial charge on any atom is -0.481 e. The molecule has 1 aliphatic heterocycles. The first-order valence-electron chi connectivity index (χ1n) is 8.25. The number of Topliss-reactive ketones (excluding diaryl/α,β-unsaturated/α-hetero) is 1. The normalized spacial score (nSPS) is 19.4. The van der Waals surface area contributed by atoms with E-state index in [2.05, 4.69) is 5.92 Å². The molecule has 1 atom stereocenters. The van der Waals surface area contributed by atoms with Crippen LogP contribution in [0.2, 0.25) is 0 Å². The van der Waals surface area contributed by atoms with Crippen LogP contribution in [-0.2, 0) is 19.1 Å². The topological polar surface area (TPSA) is 87.8 Å². The molecule has 6 nitrogen and oxygen atoms in total. The van der Waals surface area contributed by atoms with Gasteiger partial charge in [-0.05, 0) is 24.1 Å². The molecule has 134 valence electrons. The van der Waals surface area contributed by atoms with Gasteiger partial charge in [0.2, 0.25) is 5.88 Å². The van der Waals surface area contributed by atoms with Crippen LogP contribution in [0.1, 0.15) is 30.7 Å². The van der Waals surface area contributed by atoms with Gasteiger partial charge in [-0.2, -0.15) is 0 Å². The number of terminal acetylenes is 1. The van der Waals surface area contributed by atoms with Crippen molar-refractivity contribution in [2.45, 2.75) is 25.2 Å². The molecule has 2 N–H and O–H groups in total. The van der Waals surface area contributed by atoms with E-state index in [0.717, 1.165) is 5.56 Å². The predicted molar refractivity (Wildman–Crippen MR) is 93.7 cm³/mol. The second kappa shape index (κ2) is 7.36. The molecule has 6 heteroatoms. The molecule has 1 aliphatic carbocycles. The van der Waals surface area contributed by atoms with Crippen LogP contribution in [0.3, 0.4) is 0 Å². The number of rotatable bonds is 4. The van der Waals surface area contributed by atoms with Crippen molar-refractivity contribution in [3.05, 3.63) is 52.6 Å². The average Bonchev–Trinajstić information content (AvgIpc) is 2.65. The number of carbonyl (C=O) groups is 2. The highest BCUT2D eigenvalue weighted by Gasteiger charge is 2.40. The first kappa shape index (κ1) is 17.6. The summed E-state index contributed by atoms with van der Waals surface area (Å²) in [4.78, 5) is 24.9. The molecular formula is C20H19NO5. The number of benzene rings is 1. The zero-order valence-electron chi connectivity index (χ0n) is 14.4. The van der Waals surface area contributed by atoms with Crippen molar-refractivity contribution in [3.8, 4) is 18.1 Å². The van der Waals surface area contributed by atoms with E-state index in [1.807, 2.05) is 0 Å². The van der Waals surface area contributed by atoms with Crippen LogP contribution < -0.4 is 10.5 Å². The van der Waals surface area contributed by atoms with Crippen LogP contribution in [0.25, 0.3) is 0 Å². The fourth-order valence-electron chi connectivity index (χ4n) is 3.28. The molecule has 0 amide bonds. The van der Waals surface area contributed by atoms with Gasteiger partial charge in [0.1, 0.15) is 23.7 Å². The van der Waals surface area contributed by atoms with Gasteiger partial charge in [-0.25, -0.2) is 4.79 Å². The standard InChI is InChI=1S/C20H19NO5/c1-3-11-25-13-9-7-12(8-10-13)16-17-14(22)5-4-6-15(17)26-19(21)18(16)20(23)24-2/h1,7-10,16H,4-6,11,21H2,2H3/t16-/m0/s1. The van der Waals surface area contributed by atoms with Crippen LogP contribution in [0.5, 0.6) is 5.75 Å². The lowest BCUT2D eigenvalue weighted by atomic mass is 9.77. The SMILES string of the molecule is C#CCOc1ccc([C@@H]2C(C(=O)OC)=C(N)OC3=C2C(=O)CCC3)cc1. The van der Waals surface area contributed by atoms with Gasteiger partial charge < -0.3 is 19.9 Å². The van der Waals surface area contributed by atoms with Crippen molar-refractivity contribution in [1.82, 2.24) is 0 Å². The summed E-state index contributed by atoms with van der Waals surface area (Å²) in [5, 5.41) is 0. The third kappa shape index (κ3) is 3.16. The lowest BCUT2D eigenvalue weighted by molar-refractivity contribution is -0.136. The lowest BCUT2D eigenvalue weighted by Gasteiger charge is -2.32. The van der Waals surface area contributed by atoms with Gasteiger partial charge in [-0.1, -0.05) is 18.1 Å². The number of esters is 1. The quantitative estimate of drug-likeness (QED) is 0.659. The van der Waals surface area contributed by atoms with E-state index in [1.165, 1.54) is 7.11 Å². The molecule has 0 aromatic heterocycles. The van der Waals surface area contributed by atoms with Gasteiger partial charge in [0.15, 0.2) is 5.78 Å². The zero-order chi connectivity index (χ0) is 18.7. The monoisotopic (exact) mass is 353 g/mol. The molecule has 26 heavy (non-hydrogen) atoms.